The summed E-state index contributed by atoms with van der Waals surface area (Å²) in [6.07, 6.45) is 1.97. The largest absolute Gasteiger partial charge is 0.378 e. The highest BCUT2D eigenvalue weighted by Crippen LogP contribution is 2.15. The van der Waals surface area contributed by atoms with Crippen LogP contribution in [0.15, 0.2) is 0 Å². The van der Waals surface area contributed by atoms with Gasteiger partial charge in [-0.2, -0.15) is 0 Å². The Morgan fingerprint density at radius 3 is 2.59 bits per heavy atom. The molecule has 1 unspecified atom stereocenters. The Balaban J connectivity index is 0.00000242. The van der Waals surface area contributed by atoms with Crippen molar-refractivity contribution in [3.8, 4) is 0 Å². The van der Waals surface area contributed by atoms with E-state index < -0.39 is 10.0 Å². The Hall–Kier alpha value is -0.410. The van der Waals surface area contributed by atoms with Gasteiger partial charge in [0, 0.05) is 25.7 Å². The molecule has 0 aromatic rings. The molecule has 2 rings (SSSR count). The minimum absolute atomic E-state index is 0. The minimum atomic E-state index is -3.12. The number of halogens is 1. The van der Waals surface area contributed by atoms with Crippen molar-refractivity contribution in [2.24, 2.45) is 0 Å². The molecule has 130 valence electrons. The van der Waals surface area contributed by atoms with Crippen LogP contribution in [0.3, 0.4) is 0 Å². The first-order chi connectivity index (χ1) is 10.0. The maximum absolute atomic E-state index is 12.1. The second kappa shape index (κ2) is 9.02. The van der Waals surface area contributed by atoms with Gasteiger partial charge in [0.25, 0.3) is 0 Å². The van der Waals surface area contributed by atoms with Crippen LogP contribution < -0.4 is 10.6 Å². The molecule has 2 fully saturated rings. The molecular weight excluding hydrogens is 330 g/mol. The molecule has 2 N–H and O–H groups in total. The fraction of sp³-hybridized carbons (Fsp3) is 0.923. The van der Waals surface area contributed by atoms with Crippen molar-refractivity contribution < 1.29 is 17.9 Å². The van der Waals surface area contributed by atoms with Crippen LogP contribution in [0.1, 0.15) is 26.2 Å². The van der Waals surface area contributed by atoms with E-state index in [1.807, 2.05) is 6.92 Å². The first-order valence-electron chi connectivity index (χ1n) is 7.62. The number of hydrogen-bond acceptors (Lipinski definition) is 5. The van der Waals surface area contributed by atoms with Crippen molar-refractivity contribution >= 4 is 28.3 Å². The lowest BCUT2D eigenvalue weighted by Crippen LogP contribution is -2.55. The lowest BCUT2D eigenvalue weighted by atomic mass is 10.1. The highest BCUT2D eigenvalue weighted by Gasteiger charge is 2.29. The summed E-state index contributed by atoms with van der Waals surface area (Å²) in [6.45, 7) is 4.56. The van der Waals surface area contributed by atoms with Crippen LogP contribution >= 0.6 is 12.4 Å². The van der Waals surface area contributed by atoms with Gasteiger partial charge in [-0.3, -0.25) is 4.79 Å². The lowest BCUT2D eigenvalue weighted by molar-refractivity contribution is -0.126. The van der Waals surface area contributed by atoms with Crippen molar-refractivity contribution in [1.29, 1.82) is 0 Å². The third-order valence-electron chi connectivity index (χ3n) is 3.89. The summed E-state index contributed by atoms with van der Waals surface area (Å²) in [5, 5.41) is 6.10. The van der Waals surface area contributed by atoms with E-state index in [0.29, 0.717) is 52.1 Å². The molecule has 0 bridgehead atoms. The Morgan fingerprint density at radius 2 is 2.05 bits per heavy atom. The normalized spacial score (nSPS) is 24.5. The van der Waals surface area contributed by atoms with Gasteiger partial charge < -0.3 is 15.4 Å². The average Bonchev–Trinajstić information content (AvgIpc) is 2.48. The number of piperidine rings is 1. The summed E-state index contributed by atoms with van der Waals surface area (Å²) in [5.41, 5.74) is 0. The van der Waals surface area contributed by atoms with E-state index in [2.05, 4.69) is 10.6 Å². The van der Waals surface area contributed by atoms with Crippen LogP contribution in [-0.2, 0) is 19.6 Å². The molecule has 0 aromatic carbocycles. The van der Waals surface area contributed by atoms with Crippen molar-refractivity contribution in [2.75, 3.05) is 38.6 Å². The fourth-order valence-electron chi connectivity index (χ4n) is 2.70. The average molecular weight is 356 g/mol. The van der Waals surface area contributed by atoms with Gasteiger partial charge in [-0.25, -0.2) is 12.7 Å². The summed E-state index contributed by atoms with van der Waals surface area (Å²) in [6, 6.07) is -0.241. The number of hydrogen-bond donors (Lipinski definition) is 2. The Kier molecular flexibility index (Phi) is 8.06. The molecule has 2 aliphatic rings. The molecule has 1 atom stereocenters. The van der Waals surface area contributed by atoms with E-state index >= 15 is 0 Å². The highest BCUT2D eigenvalue weighted by molar-refractivity contribution is 7.89. The lowest BCUT2D eigenvalue weighted by Gasteiger charge is -2.33. The Bertz CT molecular complexity index is 446. The second-order valence-corrected chi connectivity index (χ2v) is 7.67. The van der Waals surface area contributed by atoms with E-state index in [1.54, 1.807) is 4.31 Å². The van der Waals surface area contributed by atoms with Gasteiger partial charge >= 0.3 is 0 Å². The van der Waals surface area contributed by atoms with Gasteiger partial charge in [-0.05, 0) is 19.3 Å². The van der Waals surface area contributed by atoms with Gasteiger partial charge in [0.15, 0.2) is 0 Å². The van der Waals surface area contributed by atoms with E-state index in [0.717, 1.165) is 0 Å². The van der Waals surface area contributed by atoms with Gasteiger partial charge in [0.1, 0.15) is 6.04 Å². The fourth-order valence-corrected chi connectivity index (χ4v) is 4.24. The van der Waals surface area contributed by atoms with E-state index in [1.165, 1.54) is 0 Å². The van der Waals surface area contributed by atoms with Crippen molar-refractivity contribution in [2.45, 2.75) is 38.3 Å². The predicted octanol–water partition coefficient (Wildman–Crippen LogP) is -0.283. The van der Waals surface area contributed by atoms with Crippen LogP contribution in [0.2, 0.25) is 0 Å². The first kappa shape index (κ1) is 19.6. The molecule has 1 amide bonds. The van der Waals surface area contributed by atoms with Crippen LogP contribution in [0.5, 0.6) is 0 Å². The number of sulfonamides is 1. The molecule has 0 aromatic heterocycles. The van der Waals surface area contributed by atoms with E-state index in [-0.39, 0.29) is 36.2 Å². The number of nitrogens with zero attached hydrogens (tertiary/aromatic N) is 1. The maximum atomic E-state index is 12.1. The predicted molar refractivity (Wildman–Crippen MR) is 86.7 cm³/mol. The zero-order chi connectivity index (χ0) is 15.3. The molecule has 22 heavy (non-hydrogen) atoms. The van der Waals surface area contributed by atoms with E-state index in [9.17, 15) is 13.2 Å². The molecule has 2 aliphatic heterocycles. The summed E-state index contributed by atoms with van der Waals surface area (Å²) in [4.78, 5) is 12.1. The SMILES string of the molecule is CCCS(=O)(=O)N1CCC(NC(=O)C2COCCN2)CC1.Cl. The number of nitrogens with one attached hydrogen (secondary N) is 2. The highest BCUT2D eigenvalue weighted by atomic mass is 35.5. The number of carbonyl (C=O) groups is 1. The standard InChI is InChI=1S/C13H25N3O4S.ClH/c1-2-9-21(18,19)16-6-3-11(4-7-16)15-13(17)12-10-20-8-5-14-12;/h11-12,14H,2-10H2,1H3,(H,15,17);1H. The summed E-state index contributed by atoms with van der Waals surface area (Å²) < 4.78 is 30.8. The number of morpholine rings is 1. The number of carbonyl (C=O) groups excluding carboxylic acids is 1. The number of amides is 1. The van der Waals surface area contributed by atoms with Gasteiger partial charge in [-0.15, -0.1) is 12.4 Å². The van der Waals surface area contributed by atoms with Crippen LogP contribution in [-0.4, -0.2) is 69.3 Å². The summed E-state index contributed by atoms with van der Waals surface area (Å²) in [5.74, 6) is 0.150. The quantitative estimate of drug-likeness (QED) is 0.708. The molecule has 9 heteroatoms. The molecule has 0 spiro atoms. The topological polar surface area (TPSA) is 87.7 Å². The Labute approximate surface area is 138 Å². The third-order valence-corrected chi connectivity index (χ3v) is 5.97. The molecule has 0 aliphatic carbocycles. The molecule has 2 heterocycles. The van der Waals surface area contributed by atoms with Crippen LogP contribution in [0, 0.1) is 0 Å². The molecule has 0 radical (unpaired) electrons. The van der Waals surface area contributed by atoms with Crippen molar-refractivity contribution in [3.63, 3.8) is 0 Å². The van der Waals surface area contributed by atoms with Crippen LogP contribution in [0.4, 0.5) is 0 Å². The summed E-state index contributed by atoms with van der Waals surface area (Å²) >= 11 is 0. The first-order valence-corrected chi connectivity index (χ1v) is 9.23. The minimum Gasteiger partial charge on any atom is -0.378 e. The second-order valence-electron chi connectivity index (χ2n) is 5.58. The maximum Gasteiger partial charge on any atom is 0.239 e. The number of ether oxygens (including phenoxy) is 1. The Morgan fingerprint density at radius 1 is 1.36 bits per heavy atom. The summed E-state index contributed by atoms with van der Waals surface area (Å²) in [7, 11) is -3.12. The van der Waals surface area contributed by atoms with Crippen molar-refractivity contribution in [3.05, 3.63) is 0 Å². The van der Waals surface area contributed by atoms with Crippen molar-refractivity contribution in [1.82, 2.24) is 14.9 Å². The molecular formula is C13H26ClN3O4S. The number of rotatable bonds is 5. The zero-order valence-corrected chi connectivity index (χ0v) is 14.5. The van der Waals surface area contributed by atoms with E-state index in [4.69, 9.17) is 4.74 Å². The zero-order valence-electron chi connectivity index (χ0n) is 12.9. The molecule has 2 saturated heterocycles. The van der Waals surface area contributed by atoms with Crippen LogP contribution in [0.25, 0.3) is 0 Å². The third kappa shape index (κ3) is 5.34. The smallest absolute Gasteiger partial charge is 0.239 e. The monoisotopic (exact) mass is 355 g/mol. The molecule has 7 nitrogen and oxygen atoms in total. The molecule has 0 saturated carbocycles. The van der Waals surface area contributed by atoms with Gasteiger partial charge in [-0.1, -0.05) is 6.92 Å². The van der Waals surface area contributed by atoms with Gasteiger partial charge in [0.05, 0.1) is 19.0 Å². The van der Waals surface area contributed by atoms with Gasteiger partial charge in [0.2, 0.25) is 15.9 Å².